The summed E-state index contributed by atoms with van der Waals surface area (Å²) in [7, 11) is 3.34. The number of ether oxygens (including phenoxy) is 1. The molecule has 0 aliphatic rings. The van der Waals surface area contributed by atoms with Crippen LogP contribution in [-0.4, -0.2) is 45.5 Å². The number of amides is 1. The van der Waals surface area contributed by atoms with Gasteiger partial charge in [-0.05, 0) is 42.0 Å². The van der Waals surface area contributed by atoms with Crippen molar-refractivity contribution in [3.05, 3.63) is 66.2 Å². The molecule has 3 rings (SSSR count). The number of aromatic nitrogens is 3. The highest BCUT2D eigenvalue weighted by Gasteiger charge is 2.14. The zero-order valence-corrected chi connectivity index (χ0v) is 15.8. The first kappa shape index (κ1) is 18.9. The monoisotopic (exact) mass is 386 g/mol. The van der Waals surface area contributed by atoms with E-state index in [1.165, 1.54) is 23.9 Å². The predicted molar refractivity (Wildman–Crippen MR) is 102 cm³/mol. The Balaban J connectivity index is 1.60. The van der Waals surface area contributed by atoms with E-state index in [0.717, 1.165) is 17.0 Å². The van der Waals surface area contributed by atoms with E-state index in [2.05, 4.69) is 10.2 Å². The minimum absolute atomic E-state index is 0.0476. The van der Waals surface area contributed by atoms with Crippen molar-refractivity contribution in [3.8, 4) is 11.4 Å². The van der Waals surface area contributed by atoms with Crippen molar-refractivity contribution in [1.82, 2.24) is 19.7 Å². The minimum atomic E-state index is -0.291. The Bertz CT molecular complexity index is 897. The van der Waals surface area contributed by atoms with Gasteiger partial charge in [-0.15, -0.1) is 10.2 Å². The first-order valence-electron chi connectivity index (χ1n) is 8.22. The summed E-state index contributed by atoms with van der Waals surface area (Å²) >= 11 is 1.31. The van der Waals surface area contributed by atoms with Crippen molar-refractivity contribution >= 4 is 17.7 Å². The van der Waals surface area contributed by atoms with Gasteiger partial charge < -0.3 is 9.64 Å². The molecule has 0 bridgehead atoms. The van der Waals surface area contributed by atoms with Gasteiger partial charge in [0.1, 0.15) is 17.9 Å². The Morgan fingerprint density at radius 2 is 1.89 bits per heavy atom. The fourth-order valence-electron chi connectivity index (χ4n) is 2.43. The van der Waals surface area contributed by atoms with E-state index in [-0.39, 0.29) is 17.5 Å². The van der Waals surface area contributed by atoms with E-state index >= 15 is 0 Å². The molecule has 0 atom stereocenters. The Morgan fingerprint density at radius 1 is 1.19 bits per heavy atom. The van der Waals surface area contributed by atoms with Gasteiger partial charge in [0.25, 0.3) is 0 Å². The number of halogens is 1. The largest absolute Gasteiger partial charge is 0.497 e. The molecular formula is C19H19FN4O2S. The van der Waals surface area contributed by atoms with Crippen molar-refractivity contribution in [1.29, 1.82) is 0 Å². The molecule has 1 aromatic heterocycles. The molecule has 0 unspecified atom stereocenters. The molecule has 0 spiro atoms. The van der Waals surface area contributed by atoms with Crippen LogP contribution in [0.4, 0.5) is 4.39 Å². The average molecular weight is 386 g/mol. The maximum absolute atomic E-state index is 13.0. The molecule has 6 nitrogen and oxygen atoms in total. The molecule has 0 saturated heterocycles. The van der Waals surface area contributed by atoms with E-state index in [1.54, 1.807) is 37.5 Å². The quantitative estimate of drug-likeness (QED) is 0.584. The molecule has 140 valence electrons. The van der Waals surface area contributed by atoms with E-state index in [9.17, 15) is 9.18 Å². The summed E-state index contributed by atoms with van der Waals surface area (Å²) in [5.41, 5.74) is 1.76. The zero-order valence-electron chi connectivity index (χ0n) is 15.0. The average Bonchev–Trinajstić information content (AvgIpc) is 3.16. The van der Waals surface area contributed by atoms with Gasteiger partial charge in [0, 0.05) is 19.3 Å². The highest BCUT2D eigenvalue weighted by molar-refractivity contribution is 7.99. The molecule has 1 amide bonds. The third kappa shape index (κ3) is 4.85. The summed E-state index contributed by atoms with van der Waals surface area (Å²) in [6.45, 7) is 0.421. The Kier molecular flexibility index (Phi) is 6.08. The number of benzene rings is 2. The molecule has 0 saturated carbocycles. The Labute approximate surface area is 161 Å². The van der Waals surface area contributed by atoms with Crippen LogP contribution in [0.1, 0.15) is 5.56 Å². The van der Waals surface area contributed by atoms with E-state index in [1.807, 2.05) is 28.8 Å². The molecule has 27 heavy (non-hydrogen) atoms. The van der Waals surface area contributed by atoms with Gasteiger partial charge in [0.15, 0.2) is 5.16 Å². The number of carbonyl (C=O) groups is 1. The molecule has 0 N–H and O–H groups in total. The van der Waals surface area contributed by atoms with Crippen LogP contribution >= 0.6 is 11.8 Å². The fourth-order valence-corrected chi connectivity index (χ4v) is 3.30. The number of hydrogen-bond donors (Lipinski definition) is 0. The van der Waals surface area contributed by atoms with Crippen molar-refractivity contribution < 1.29 is 13.9 Å². The maximum Gasteiger partial charge on any atom is 0.233 e. The van der Waals surface area contributed by atoms with Gasteiger partial charge in [-0.25, -0.2) is 4.39 Å². The summed E-state index contributed by atoms with van der Waals surface area (Å²) in [6, 6.07) is 13.6. The third-order valence-electron chi connectivity index (χ3n) is 3.95. The second-order valence-corrected chi connectivity index (χ2v) is 6.79. The summed E-state index contributed by atoms with van der Waals surface area (Å²) < 4.78 is 20.0. The van der Waals surface area contributed by atoms with Crippen molar-refractivity contribution in [2.75, 3.05) is 19.9 Å². The van der Waals surface area contributed by atoms with Crippen molar-refractivity contribution in [3.63, 3.8) is 0 Å². The Hall–Kier alpha value is -2.87. The molecule has 1 heterocycles. The Morgan fingerprint density at radius 3 is 2.56 bits per heavy atom. The van der Waals surface area contributed by atoms with Crippen LogP contribution in [-0.2, 0) is 11.3 Å². The molecule has 2 aromatic carbocycles. The highest BCUT2D eigenvalue weighted by Crippen LogP contribution is 2.22. The number of rotatable bonds is 7. The SMILES string of the molecule is COc1ccc(-n2cnnc2SCC(=O)N(C)Cc2ccc(F)cc2)cc1. The molecule has 0 radical (unpaired) electrons. The van der Waals surface area contributed by atoms with Crippen LogP contribution < -0.4 is 4.74 Å². The predicted octanol–water partition coefficient (Wildman–Crippen LogP) is 3.17. The summed E-state index contributed by atoms with van der Waals surface area (Å²) in [4.78, 5) is 14.0. The molecule has 0 aliphatic heterocycles. The second kappa shape index (κ2) is 8.68. The molecular weight excluding hydrogens is 367 g/mol. The van der Waals surface area contributed by atoms with Crippen LogP contribution in [0.25, 0.3) is 5.69 Å². The lowest BCUT2D eigenvalue weighted by molar-refractivity contribution is -0.127. The van der Waals surface area contributed by atoms with Gasteiger partial charge in [0.05, 0.1) is 12.9 Å². The number of carbonyl (C=O) groups excluding carboxylic acids is 1. The lowest BCUT2D eigenvalue weighted by atomic mass is 10.2. The molecule has 0 fully saturated rings. The maximum atomic E-state index is 13.0. The summed E-state index contributed by atoms with van der Waals surface area (Å²) in [6.07, 6.45) is 1.61. The fraction of sp³-hybridized carbons (Fsp3) is 0.211. The van der Waals surface area contributed by atoms with Crippen LogP contribution in [0.15, 0.2) is 60.0 Å². The molecule has 3 aromatic rings. The van der Waals surface area contributed by atoms with Crippen molar-refractivity contribution in [2.24, 2.45) is 0 Å². The normalized spacial score (nSPS) is 10.6. The summed E-state index contributed by atoms with van der Waals surface area (Å²) in [5, 5.41) is 8.66. The number of methoxy groups -OCH3 is 1. The number of hydrogen-bond acceptors (Lipinski definition) is 5. The molecule has 8 heteroatoms. The minimum Gasteiger partial charge on any atom is -0.497 e. The van der Waals surface area contributed by atoms with E-state index in [4.69, 9.17) is 4.74 Å². The number of thioether (sulfide) groups is 1. The van der Waals surface area contributed by atoms with E-state index in [0.29, 0.717) is 11.7 Å². The smallest absolute Gasteiger partial charge is 0.233 e. The van der Waals surface area contributed by atoms with Gasteiger partial charge in [0.2, 0.25) is 5.91 Å². The van der Waals surface area contributed by atoms with Gasteiger partial charge in [-0.1, -0.05) is 23.9 Å². The third-order valence-corrected chi connectivity index (χ3v) is 4.88. The first-order valence-corrected chi connectivity index (χ1v) is 9.21. The first-order chi connectivity index (χ1) is 13.1. The number of nitrogens with zero attached hydrogens (tertiary/aromatic N) is 4. The van der Waals surface area contributed by atoms with Crippen LogP contribution in [0, 0.1) is 5.82 Å². The highest BCUT2D eigenvalue weighted by atomic mass is 32.2. The lowest BCUT2D eigenvalue weighted by Gasteiger charge is -2.17. The topological polar surface area (TPSA) is 60.2 Å². The van der Waals surface area contributed by atoms with Gasteiger partial charge >= 0.3 is 0 Å². The zero-order chi connectivity index (χ0) is 19.2. The van der Waals surface area contributed by atoms with Crippen molar-refractivity contribution in [2.45, 2.75) is 11.7 Å². The van der Waals surface area contributed by atoms with Crippen LogP contribution in [0.2, 0.25) is 0 Å². The standard InChI is InChI=1S/C19H19FN4O2S/c1-23(11-14-3-5-15(20)6-4-14)18(25)12-27-19-22-21-13-24(19)16-7-9-17(26-2)10-8-16/h3-10,13H,11-12H2,1-2H3. The van der Waals surface area contributed by atoms with E-state index < -0.39 is 0 Å². The second-order valence-electron chi connectivity index (χ2n) is 5.85. The van der Waals surface area contributed by atoms with Gasteiger partial charge in [-0.2, -0.15) is 0 Å². The summed E-state index contributed by atoms with van der Waals surface area (Å²) in [5.74, 6) is 0.653. The van der Waals surface area contributed by atoms with Gasteiger partial charge in [-0.3, -0.25) is 9.36 Å². The molecule has 0 aliphatic carbocycles. The van der Waals surface area contributed by atoms with Crippen LogP contribution in [0.5, 0.6) is 5.75 Å². The van der Waals surface area contributed by atoms with Crippen LogP contribution in [0.3, 0.4) is 0 Å². The lowest BCUT2D eigenvalue weighted by Crippen LogP contribution is -2.27.